The zero-order valence-corrected chi connectivity index (χ0v) is 13.5. The number of fused-ring (bicyclic) bond motifs is 1. The molecule has 0 bridgehead atoms. The van der Waals surface area contributed by atoms with Crippen LogP contribution < -0.4 is 4.90 Å². The van der Waals surface area contributed by atoms with Crippen molar-refractivity contribution in [1.82, 2.24) is 4.90 Å². The van der Waals surface area contributed by atoms with Crippen LogP contribution >= 0.6 is 0 Å². The second-order valence-electron chi connectivity index (χ2n) is 6.36. The van der Waals surface area contributed by atoms with E-state index in [1.807, 2.05) is 35.2 Å². The van der Waals surface area contributed by atoms with Crippen molar-refractivity contribution in [3.8, 4) is 17.3 Å². The fourth-order valence-electron chi connectivity index (χ4n) is 3.87. The van der Waals surface area contributed by atoms with Crippen LogP contribution in [0.1, 0.15) is 18.4 Å². The molecule has 2 aromatic rings. The predicted molar refractivity (Wildman–Crippen MR) is 93.3 cm³/mol. The van der Waals surface area contributed by atoms with Gasteiger partial charge in [0.15, 0.2) is 6.19 Å². The van der Waals surface area contributed by atoms with Crippen LogP contribution in [0.2, 0.25) is 0 Å². The Hall–Kier alpha value is -2.80. The van der Waals surface area contributed by atoms with Gasteiger partial charge in [-0.25, -0.2) is 0 Å². The lowest BCUT2D eigenvalue weighted by molar-refractivity contribution is -0.121. The number of anilines is 1. The van der Waals surface area contributed by atoms with Crippen LogP contribution in [0, 0.1) is 11.5 Å². The van der Waals surface area contributed by atoms with E-state index in [0.717, 1.165) is 24.9 Å². The van der Waals surface area contributed by atoms with Crippen LogP contribution in [0.15, 0.2) is 48.5 Å². The molecule has 0 N–H and O–H groups in total. The first-order valence-electron chi connectivity index (χ1n) is 8.44. The maximum absolute atomic E-state index is 13.0. The van der Waals surface area contributed by atoms with Crippen LogP contribution in [0.3, 0.4) is 0 Å². The number of likely N-dealkylation sites (tertiary alicyclic amines) is 1. The molecule has 1 unspecified atom stereocenters. The van der Waals surface area contributed by atoms with E-state index in [4.69, 9.17) is 0 Å². The second kappa shape index (κ2) is 6.01. The number of rotatable bonds is 2. The van der Waals surface area contributed by atoms with Gasteiger partial charge in [-0.2, -0.15) is 5.26 Å². The van der Waals surface area contributed by atoms with Gasteiger partial charge in [-0.3, -0.25) is 9.69 Å². The lowest BCUT2D eigenvalue weighted by Gasteiger charge is -2.25. The molecule has 1 saturated heterocycles. The SMILES string of the molecule is N#CN1CCCC1C(=O)N1CCc2c(-c3ccccc3)cccc21. The fourth-order valence-corrected chi connectivity index (χ4v) is 3.87. The summed E-state index contributed by atoms with van der Waals surface area (Å²) in [6, 6.07) is 16.2. The number of nitrogens with zero attached hydrogens (tertiary/aromatic N) is 3. The topological polar surface area (TPSA) is 47.3 Å². The molecule has 4 rings (SSSR count). The number of nitriles is 1. The van der Waals surface area contributed by atoms with Gasteiger partial charge in [0.05, 0.1) is 0 Å². The van der Waals surface area contributed by atoms with E-state index in [9.17, 15) is 10.1 Å². The monoisotopic (exact) mass is 317 g/mol. The maximum Gasteiger partial charge on any atom is 0.250 e. The Balaban J connectivity index is 1.68. The van der Waals surface area contributed by atoms with Crippen molar-refractivity contribution in [2.45, 2.75) is 25.3 Å². The summed E-state index contributed by atoms with van der Waals surface area (Å²) in [7, 11) is 0. The summed E-state index contributed by atoms with van der Waals surface area (Å²) in [5.41, 5.74) is 4.62. The number of carbonyl (C=O) groups is 1. The van der Waals surface area contributed by atoms with Crippen molar-refractivity contribution in [3.05, 3.63) is 54.1 Å². The summed E-state index contributed by atoms with van der Waals surface area (Å²) in [6.07, 6.45) is 4.72. The summed E-state index contributed by atoms with van der Waals surface area (Å²) < 4.78 is 0. The molecule has 0 spiro atoms. The highest BCUT2D eigenvalue weighted by molar-refractivity contribution is 6.00. The van der Waals surface area contributed by atoms with Gasteiger partial charge in [0, 0.05) is 18.8 Å². The average Bonchev–Trinajstić information content (AvgIpc) is 3.28. The molecule has 0 aliphatic carbocycles. The highest BCUT2D eigenvalue weighted by Crippen LogP contribution is 2.37. The molecule has 0 radical (unpaired) electrons. The van der Waals surface area contributed by atoms with Crippen molar-refractivity contribution in [2.75, 3.05) is 18.0 Å². The van der Waals surface area contributed by atoms with Gasteiger partial charge in [-0.1, -0.05) is 42.5 Å². The summed E-state index contributed by atoms with van der Waals surface area (Å²) >= 11 is 0. The Kier molecular flexibility index (Phi) is 3.70. The van der Waals surface area contributed by atoms with Crippen LogP contribution in [0.4, 0.5) is 5.69 Å². The van der Waals surface area contributed by atoms with Crippen molar-refractivity contribution in [2.24, 2.45) is 0 Å². The molecule has 4 heteroatoms. The molecule has 1 atom stereocenters. The van der Waals surface area contributed by atoms with Gasteiger partial charge in [-0.05, 0) is 42.0 Å². The summed E-state index contributed by atoms with van der Waals surface area (Å²) in [4.78, 5) is 16.5. The molecule has 1 amide bonds. The van der Waals surface area contributed by atoms with Crippen molar-refractivity contribution in [1.29, 1.82) is 5.26 Å². The minimum absolute atomic E-state index is 0.0676. The third-order valence-corrected chi connectivity index (χ3v) is 5.04. The van der Waals surface area contributed by atoms with Crippen LogP contribution in [-0.2, 0) is 11.2 Å². The van der Waals surface area contributed by atoms with Crippen LogP contribution in [0.25, 0.3) is 11.1 Å². The molecule has 2 aliphatic rings. The summed E-state index contributed by atoms with van der Waals surface area (Å²) in [5.74, 6) is 0.0676. The third kappa shape index (κ3) is 2.33. The number of hydrogen-bond donors (Lipinski definition) is 0. The number of benzene rings is 2. The molecular weight excluding hydrogens is 298 g/mol. The third-order valence-electron chi connectivity index (χ3n) is 5.04. The fraction of sp³-hybridized carbons (Fsp3) is 0.300. The molecule has 2 aromatic carbocycles. The minimum Gasteiger partial charge on any atom is -0.310 e. The summed E-state index contributed by atoms with van der Waals surface area (Å²) in [6.45, 7) is 1.39. The van der Waals surface area contributed by atoms with E-state index in [1.54, 1.807) is 4.90 Å². The lowest BCUT2D eigenvalue weighted by atomic mass is 9.98. The van der Waals surface area contributed by atoms with Crippen LogP contribution in [-0.4, -0.2) is 29.9 Å². The Bertz CT molecular complexity index is 809. The zero-order valence-electron chi connectivity index (χ0n) is 13.5. The van der Waals surface area contributed by atoms with E-state index in [1.165, 1.54) is 16.7 Å². The molecule has 1 fully saturated rings. The van der Waals surface area contributed by atoms with Gasteiger partial charge in [-0.15, -0.1) is 0 Å². The molecular formula is C20H19N3O. The largest absolute Gasteiger partial charge is 0.310 e. The maximum atomic E-state index is 13.0. The van der Waals surface area contributed by atoms with Gasteiger partial charge >= 0.3 is 0 Å². The number of carbonyl (C=O) groups excluding carboxylic acids is 1. The van der Waals surface area contributed by atoms with Crippen molar-refractivity contribution >= 4 is 11.6 Å². The highest BCUT2D eigenvalue weighted by atomic mass is 16.2. The molecule has 120 valence electrons. The van der Waals surface area contributed by atoms with E-state index in [2.05, 4.69) is 24.4 Å². The van der Waals surface area contributed by atoms with Gasteiger partial charge in [0.25, 0.3) is 0 Å². The molecule has 2 heterocycles. The first-order valence-corrected chi connectivity index (χ1v) is 8.44. The molecule has 0 saturated carbocycles. The first-order chi connectivity index (χ1) is 11.8. The smallest absolute Gasteiger partial charge is 0.250 e. The molecule has 24 heavy (non-hydrogen) atoms. The van der Waals surface area contributed by atoms with E-state index < -0.39 is 0 Å². The number of amides is 1. The quantitative estimate of drug-likeness (QED) is 0.799. The Labute approximate surface area is 141 Å². The predicted octanol–water partition coefficient (Wildman–Crippen LogP) is 3.19. The van der Waals surface area contributed by atoms with E-state index in [0.29, 0.717) is 13.1 Å². The van der Waals surface area contributed by atoms with Crippen molar-refractivity contribution in [3.63, 3.8) is 0 Å². The second-order valence-corrected chi connectivity index (χ2v) is 6.36. The van der Waals surface area contributed by atoms with Crippen molar-refractivity contribution < 1.29 is 4.79 Å². The van der Waals surface area contributed by atoms with Gasteiger partial charge in [0.2, 0.25) is 5.91 Å². The zero-order chi connectivity index (χ0) is 16.5. The highest BCUT2D eigenvalue weighted by Gasteiger charge is 2.36. The molecule has 0 aromatic heterocycles. The average molecular weight is 317 g/mol. The first kappa shape index (κ1) is 14.8. The van der Waals surface area contributed by atoms with Gasteiger partial charge in [0.1, 0.15) is 6.04 Å². The summed E-state index contributed by atoms with van der Waals surface area (Å²) in [5, 5.41) is 9.22. The Morgan fingerprint density at radius 1 is 1.08 bits per heavy atom. The standard InChI is InChI=1S/C20H19N3O/c21-14-22-12-5-10-19(22)20(24)23-13-11-17-16(8-4-9-18(17)23)15-6-2-1-3-7-15/h1-4,6-9,19H,5,10-13H2. The van der Waals surface area contributed by atoms with Gasteiger partial charge < -0.3 is 4.90 Å². The normalized spacial score (nSPS) is 19.2. The molecule has 2 aliphatic heterocycles. The van der Waals surface area contributed by atoms with Crippen LogP contribution in [0.5, 0.6) is 0 Å². The molecule has 4 nitrogen and oxygen atoms in total. The Morgan fingerprint density at radius 2 is 1.92 bits per heavy atom. The van der Waals surface area contributed by atoms with E-state index in [-0.39, 0.29) is 11.9 Å². The minimum atomic E-state index is -0.290. The number of hydrogen-bond acceptors (Lipinski definition) is 3. The van der Waals surface area contributed by atoms with E-state index >= 15 is 0 Å². The Morgan fingerprint density at radius 3 is 2.71 bits per heavy atom. The lowest BCUT2D eigenvalue weighted by Crippen LogP contribution is -2.43.